The number of hydrogen-bond donors (Lipinski definition) is 2. The lowest BCUT2D eigenvalue weighted by Gasteiger charge is -2.28. The molecule has 0 fully saturated rings. The molecule has 0 bridgehead atoms. The first-order chi connectivity index (χ1) is 9.61. The molecule has 0 saturated carbocycles. The van der Waals surface area contributed by atoms with E-state index in [0.29, 0.717) is 11.7 Å². The Balaban J connectivity index is 2.12. The molecular weight excluding hydrogens is 274 g/mol. The number of phenolic OH excluding ortho intramolecular Hbond substituents is 1. The number of rotatable bonds is 4. The fourth-order valence-corrected chi connectivity index (χ4v) is 2.52. The fraction of sp³-hybridized carbons (Fsp3) is 0.286. The molecule has 2 aromatic rings. The van der Waals surface area contributed by atoms with E-state index < -0.39 is 0 Å². The number of nitrogens with one attached hydrogen (secondary N) is 1. The lowest BCUT2D eigenvalue weighted by Crippen LogP contribution is -2.36. The third-order valence-electron chi connectivity index (χ3n) is 3.07. The van der Waals surface area contributed by atoms with Gasteiger partial charge in [0.2, 0.25) is 0 Å². The predicted octanol–water partition coefficient (Wildman–Crippen LogP) is 3.46. The van der Waals surface area contributed by atoms with Gasteiger partial charge in [-0.15, -0.1) is 11.3 Å². The molecular formula is C14H17N3O2S. The highest BCUT2D eigenvalue weighted by molar-refractivity contribution is 7.13. The molecule has 0 unspecified atom stereocenters. The molecule has 2 rings (SSSR count). The van der Waals surface area contributed by atoms with Crippen molar-refractivity contribution in [3.8, 4) is 5.75 Å². The SMILES string of the molecule is CCN(C(=O)Nc1nccs1)[C@H](C)c1cccc(O)c1. The van der Waals surface area contributed by atoms with E-state index in [-0.39, 0.29) is 17.8 Å². The maximum atomic E-state index is 12.3. The van der Waals surface area contributed by atoms with Crippen molar-refractivity contribution in [1.29, 1.82) is 0 Å². The molecule has 106 valence electrons. The van der Waals surface area contributed by atoms with Crippen LogP contribution in [0.2, 0.25) is 0 Å². The maximum absolute atomic E-state index is 12.3. The van der Waals surface area contributed by atoms with Crippen LogP contribution in [-0.4, -0.2) is 27.6 Å². The Morgan fingerprint density at radius 1 is 1.55 bits per heavy atom. The number of amides is 2. The second-order valence-electron chi connectivity index (χ2n) is 4.32. The van der Waals surface area contributed by atoms with Crippen LogP contribution in [0.5, 0.6) is 5.75 Å². The van der Waals surface area contributed by atoms with Crippen molar-refractivity contribution in [3.63, 3.8) is 0 Å². The van der Waals surface area contributed by atoms with Gasteiger partial charge in [-0.2, -0.15) is 0 Å². The number of nitrogens with zero attached hydrogens (tertiary/aromatic N) is 2. The van der Waals surface area contributed by atoms with E-state index in [9.17, 15) is 9.90 Å². The van der Waals surface area contributed by atoms with Crippen LogP contribution in [0.1, 0.15) is 25.5 Å². The smallest absolute Gasteiger partial charge is 0.324 e. The van der Waals surface area contributed by atoms with E-state index in [0.717, 1.165) is 5.56 Å². The van der Waals surface area contributed by atoms with Gasteiger partial charge >= 0.3 is 6.03 Å². The second kappa shape index (κ2) is 6.38. The molecule has 20 heavy (non-hydrogen) atoms. The molecule has 1 aromatic carbocycles. The first-order valence-corrected chi connectivity index (χ1v) is 7.25. The van der Waals surface area contributed by atoms with E-state index in [1.807, 2.05) is 25.3 Å². The molecule has 1 heterocycles. The standard InChI is InChI=1S/C14H17N3O2S/c1-3-17(14(19)16-13-15-7-8-20-13)10(2)11-5-4-6-12(18)9-11/h4-10,18H,3H2,1-2H3,(H,15,16,19)/t10-/m1/s1. The number of carbonyl (C=O) groups excluding carboxylic acids is 1. The highest BCUT2D eigenvalue weighted by Crippen LogP contribution is 2.24. The van der Waals surface area contributed by atoms with Gasteiger partial charge in [0.1, 0.15) is 5.75 Å². The van der Waals surface area contributed by atoms with E-state index in [2.05, 4.69) is 10.3 Å². The van der Waals surface area contributed by atoms with Gasteiger partial charge in [0, 0.05) is 18.1 Å². The van der Waals surface area contributed by atoms with Crippen molar-refractivity contribution in [2.75, 3.05) is 11.9 Å². The highest BCUT2D eigenvalue weighted by atomic mass is 32.1. The number of aromatic nitrogens is 1. The summed E-state index contributed by atoms with van der Waals surface area (Å²) in [4.78, 5) is 18.0. The number of hydrogen-bond acceptors (Lipinski definition) is 4. The van der Waals surface area contributed by atoms with Crippen molar-refractivity contribution < 1.29 is 9.90 Å². The summed E-state index contributed by atoms with van der Waals surface area (Å²) in [6.07, 6.45) is 1.65. The Morgan fingerprint density at radius 2 is 2.35 bits per heavy atom. The first-order valence-electron chi connectivity index (χ1n) is 6.38. The van der Waals surface area contributed by atoms with Crippen LogP contribution in [0, 0.1) is 0 Å². The fourth-order valence-electron chi connectivity index (χ4n) is 2.01. The number of benzene rings is 1. The summed E-state index contributed by atoms with van der Waals surface area (Å²) in [5.41, 5.74) is 0.890. The normalized spacial score (nSPS) is 11.9. The zero-order valence-corrected chi connectivity index (χ0v) is 12.2. The Hall–Kier alpha value is -2.08. The van der Waals surface area contributed by atoms with Gasteiger partial charge in [-0.3, -0.25) is 5.32 Å². The average Bonchev–Trinajstić information content (AvgIpc) is 2.92. The van der Waals surface area contributed by atoms with Gasteiger partial charge in [-0.25, -0.2) is 9.78 Å². The molecule has 0 radical (unpaired) electrons. The maximum Gasteiger partial charge on any atom is 0.324 e. The molecule has 0 aliphatic carbocycles. The molecule has 2 N–H and O–H groups in total. The van der Waals surface area contributed by atoms with Crippen LogP contribution in [0.4, 0.5) is 9.93 Å². The zero-order valence-electron chi connectivity index (χ0n) is 11.4. The lowest BCUT2D eigenvalue weighted by atomic mass is 10.1. The molecule has 2 amide bonds. The Kier molecular flexibility index (Phi) is 4.57. The minimum absolute atomic E-state index is 0.132. The van der Waals surface area contributed by atoms with Crippen LogP contribution >= 0.6 is 11.3 Å². The summed E-state index contributed by atoms with van der Waals surface area (Å²) in [7, 11) is 0. The van der Waals surface area contributed by atoms with Crippen molar-refractivity contribution in [1.82, 2.24) is 9.88 Å². The Labute approximate surface area is 121 Å². The molecule has 0 spiro atoms. The van der Waals surface area contributed by atoms with Gasteiger partial charge in [0.15, 0.2) is 5.13 Å². The second-order valence-corrected chi connectivity index (χ2v) is 5.22. The third kappa shape index (κ3) is 3.27. The summed E-state index contributed by atoms with van der Waals surface area (Å²) < 4.78 is 0. The predicted molar refractivity (Wildman–Crippen MR) is 80.0 cm³/mol. The van der Waals surface area contributed by atoms with Crippen LogP contribution in [0.25, 0.3) is 0 Å². The Morgan fingerprint density at radius 3 is 2.95 bits per heavy atom. The first kappa shape index (κ1) is 14.3. The van der Waals surface area contributed by atoms with E-state index in [1.54, 1.807) is 29.3 Å². The number of carbonyl (C=O) groups is 1. The highest BCUT2D eigenvalue weighted by Gasteiger charge is 2.20. The van der Waals surface area contributed by atoms with Crippen LogP contribution in [-0.2, 0) is 0 Å². The molecule has 0 aliphatic rings. The molecule has 1 aromatic heterocycles. The molecule has 5 nitrogen and oxygen atoms in total. The topological polar surface area (TPSA) is 65.5 Å². The van der Waals surface area contributed by atoms with Gasteiger partial charge < -0.3 is 10.0 Å². The van der Waals surface area contributed by atoms with Crippen LogP contribution in [0.15, 0.2) is 35.8 Å². The van der Waals surface area contributed by atoms with Crippen molar-refractivity contribution >= 4 is 22.5 Å². The van der Waals surface area contributed by atoms with Gasteiger partial charge in [-0.1, -0.05) is 12.1 Å². The summed E-state index contributed by atoms with van der Waals surface area (Å²) >= 11 is 1.38. The number of urea groups is 1. The summed E-state index contributed by atoms with van der Waals surface area (Å²) in [6.45, 7) is 4.41. The summed E-state index contributed by atoms with van der Waals surface area (Å²) in [5, 5.41) is 14.7. The monoisotopic (exact) mass is 291 g/mol. The van der Waals surface area contributed by atoms with Crippen molar-refractivity contribution in [2.45, 2.75) is 19.9 Å². The van der Waals surface area contributed by atoms with Crippen LogP contribution in [0.3, 0.4) is 0 Å². The van der Waals surface area contributed by atoms with Crippen molar-refractivity contribution in [3.05, 3.63) is 41.4 Å². The Bertz CT molecular complexity index is 572. The summed E-state index contributed by atoms with van der Waals surface area (Å²) in [6, 6.07) is 6.62. The summed E-state index contributed by atoms with van der Waals surface area (Å²) in [5.74, 6) is 0.200. The molecule has 0 saturated heterocycles. The van der Waals surface area contributed by atoms with E-state index in [1.165, 1.54) is 11.3 Å². The lowest BCUT2D eigenvalue weighted by molar-refractivity contribution is 0.197. The largest absolute Gasteiger partial charge is 0.508 e. The number of aromatic hydroxyl groups is 1. The molecule has 6 heteroatoms. The quantitative estimate of drug-likeness (QED) is 0.906. The average molecular weight is 291 g/mol. The third-order valence-corrected chi connectivity index (χ3v) is 3.76. The molecule has 1 atom stereocenters. The van der Waals surface area contributed by atoms with Gasteiger partial charge in [0.25, 0.3) is 0 Å². The van der Waals surface area contributed by atoms with Crippen LogP contribution < -0.4 is 5.32 Å². The van der Waals surface area contributed by atoms with Gasteiger partial charge in [-0.05, 0) is 31.5 Å². The van der Waals surface area contributed by atoms with Crippen molar-refractivity contribution in [2.24, 2.45) is 0 Å². The van der Waals surface area contributed by atoms with Gasteiger partial charge in [0.05, 0.1) is 6.04 Å². The number of anilines is 1. The number of phenols is 1. The van der Waals surface area contributed by atoms with E-state index in [4.69, 9.17) is 0 Å². The number of thiazole rings is 1. The minimum atomic E-state index is -0.196. The molecule has 0 aliphatic heterocycles. The minimum Gasteiger partial charge on any atom is -0.508 e. The zero-order chi connectivity index (χ0) is 14.5. The van der Waals surface area contributed by atoms with E-state index >= 15 is 0 Å².